The van der Waals surface area contributed by atoms with Crippen molar-refractivity contribution >= 4 is 5.91 Å². The van der Waals surface area contributed by atoms with Crippen molar-refractivity contribution in [2.75, 3.05) is 26.3 Å². The second kappa shape index (κ2) is 8.07. The fourth-order valence-corrected chi connectivity index (χ4v) is 3.98. The lowest BCUT2D eigenvalue weighted by Gasteiger charge is -2.46. The Bertz CT molecular complexity index is 533. The summed E-state index contributed by atoms with van der Waals surface area (Å²) in [5.41, 5.74) is -0.363. The molecule has 0 spiro atoms. The predicted octanol–water partition coefficient (Wildman–Crippen LogP) is 1.34. The molecule has 0 aromatic carbocycles. The molecule has 134 valence electrons. The molecule has 1 saturated heterocycles. The third kappa shape index (κ3) is 3.62. The Morgan fingerprint density at radius 1 is 1.29 bits per heavy atom. The van der Waals surface area contributed by atoms with E-state index in [2.05, 4.69) is 27.3 Å². The van der Waals surface area contributed by atoms with E-state index in [9.17, 15) is 4.79 Å². The van der Waals surface area contributed by atoms with Crippen LogP contribution in [0.15, 0.2) is 6.33 Å². The lowest BCUT2D eigenvalue weighted by Crippen LogP contribution is -2.62. The van der Waals surface area contributed by atoms with Gasteiger partial charge in [0.05, 0.1) is 19.8 Å². The van der Waals surface area contributed by atoms with E-state index in [1.54, 1.807) is 6.33 Å². The second-order valence-corrected chi connectivity index (χ2v) is 6.81. The molecule has 1 saturated carbocycles. The number of nitrogens with zero attached hydrogens (tertiary/aromatic N) is 4. The van der Waals surface area contributed by atoms with Gasteiger partial charge in [0, 0.05) is 19.6 Å². The van der Waals surface area contributed by atoms with Crippen LogP contribution in [-0.4, -0.2) is 57.4 Å². The molecule has 3 rings (SSSR count). The predicted molar refractivity (Wildman–Crippen MR) is 90.4 cm³/mol. The number of hydrogen-bond acceptors (Lipinski definition) is 5. The van der Waals surface area contributed by atoms with Gasteiger partial charge >= 0.3 is 0 Å². The highest BCUT2D eigenvalue weighted by molar-refractivity contribution is 5.86. The van der Waals surface area contributed by atoms with Crippen molar-refractivity contribution < 1.29 is 9.53 Å². The zero-order chi connectivity index (χ0) is 16.8. The number of aryl methyl sites for hydroxylation is 1. The number of hydrogen-bond donors (Lipinski definition) is 1. The van der Waals surface area contributed by atoms with Gasteiger partial charge in [-0.2, -0.15) is 0 Å². The van der Waals surface area contributed by atoms with Crippen molar-refractivity contribution in [3.63, 3.8) is 0 Å². The van der Waals surface area contributed by atoms with E-state index in [-0.39, 0.29) is 11.4 Å². The molecule has 24 heavy (non-hydrogen) atoms. The molecule has 1 aromatic heterocycles. The molecule has 1 N–H and O–H groups in total. The number of nitrogens with one attached hydrogen (secondary N) is 1. The lowest BCUT2D eigenvalue weighted by atomic mass is 9.79. The molecule has 7 nitrogen and oxygen atoms in total. The average molecular weight is 335 g/mol. The molecule has 7 heteroatoms. The summed E-state index contributed by atoms with van der Waals surface area (Å²) in [6.07, 6.45) is 8.12. The number of carbonyl (C=O) groups is 1. The quantitative estimate of drug-likeness (QED) is 0.849. The van der Waals surface area contributed by atoms with E-state index in [0.717, 1.165) is 70.8 Å². The number of rotatable bonds is 6. The maximum absolute atomic E-state index is 13.1. The van der Waals surface area contributed by atoms with Gasteiger partial charge in [-0.3, -0.25) is 9.69 Å². The molecular formula is C17H29N5O2. The lowest BCUT2D eigenvalue weighted by molar-refractivity contribution is -0.140. The molecule has 2 fully saturated rings. The number of carbonyl (C=O) groups excluding carboxylic acids is 1. The topological polar surface area (TPSA) is 72.3 Å². The second-order valence-electron chi connectivity index (χ2n) is 6.81. The Morgan fingerprint density at radius 3 is 2.75 bits per heavy atom. The van der Waals surface area contributed by atoms with Gasteiger partial charge in [0.25, 0.3) is 0 Å². The monoisotopic (exact) mass is 335 g/mol. The largest absolute Gasteiger partial charge is 0.379 e. The third-order valence-corrected chi connectivity index (χ3v) is 5.29. The standard InChI is InChI=1S/C17H29N5O2/c1-2-8-21-14-19-20-15(21)13-18-16(23)17(6-4-3-5-7-17)22-9-11-24-12-10-22/h14H,2-13H2,1H3,(H,18,23). The SMILES string of the molecule is CCCn1cnnc1CNC(=O)C1(N2CCOCC2)CCCCC1. The van der Waals surface area contributed by atoms with Gasteiger partial charge in [-0.1, -0.05) is 26.2 Å². The number of morpholine rings is 1. The number of ether oxygens (including phenoxy) is 1. The normalized spacial score (nSPS) is 21.5. The Morgan fingerprint density at radius 2 is 2.04 bits per heavy atom. The van der Waals surface area contributed by atoms with Crippen LogP contribution in [0.3, 0.4) is 0 Å². The van der Waals surface area contributed by atoms with Crippen molar-refractivity contribution in [2.45, 2.75) is 64.1 Å². The van der Waals surface area contributed by atoms with Crippen molar-refractivity contribution in [1.82, 2.24) is 25.0 Å². The first-order valence-electron chi connectivity index (χ1n) is 9.24. The molecule has 1 aliphatic carbocycles. The Hall–Kier alpha value is -1.47. The summed E-state index contributed by atoms with van der Waals surface area (Å²) < 4.78 is 7.50. The van der Waals surface area contributed by atoms with Crippen LogP contribution < -0.4 is 5.32 Å². The van der Waals surface area contributed by atoms with Crippen LogP contribution in [0.2, 0.25) is 0 Å². The van der Waals surface area contributed by atoms with Crippen LogP contribution in [-0.2, 0) is 22.6 Å². The van der Waals surface area contributed by atoms with Crippen LogP contribution >= 0.6 is 0 Å². The summed E-state index contributed by atoms with van der Waals surface area (Å²) in [4.78, 5) is 15.5. The van der Waals surface area contributed by atoms with E-state index in [0.29, 0.717) is 6.54 Å². The van der Waals surface area contributed by atoms with E-state index in [4.69, 9.17) is 4.74 Å². The number of aromatic nitrogens is 3. The molecule has 2 aliphatic rings. The van der Waals surface area contributed by atoms with Gasteiger partial charge in [0.2, 0.25) is 5.91 Å². The van der Waals surface area contributed by atoms with Crippen molar-refractivity contribution in [3.05, 3.63) is 12.2 Å². The maximum Gasteiger partial charge on any atom is 0.240 e. The molecule has 2 heterocycles. The summed E-state index contributed by atoms with van der Waals surface area (Å²) in [6.45, 7) is 6.59. The van der Waals surface area contributed by atoms with Gasteiger partial charge in [-0.15, -0.1) is 10.2 Å². The first-order valence-corrected chi connectivity index (χ1v) is 9.24. The minimum Gasteiger partial charge on any atom is -0.379 e. The minimum absolute atomic E-state index is 0.148. The first-order chi connectivity index (χ1) is 11.8. The zero-order valence-corrected chi connectivity index (χ0v) is 14.7. The summed E-state index contributed by atoms with van der Waals surface area (Å²) in [5.74, 6) is 0.980. The van der Waals surface area contributed by atoms with E-state index in [1.165, 1.54) is 6.42 Å². The molecule has 1 aromatic rings. The van der Waals surface area contributed by atoms with Gasteiger partial charge in [0.15, 0.2) is 5.82 Å². The van der Waals surface area contributed by atoms with Crippen molar-refractivity contribution in [2.24, 2.45) is 0 Å². The fourth-order valence-electron chi connectivity index (χ4n) is 3.98. The minimum atomic E-state index is -0.363. The van der Waals surface area contributed by atoms with Gasteiger partial charge < -0.3 is 14.6 Å². The summed E-state index contributed by atoms with van der Waals surface area (Å²) in [7, 11) is 0. The van der Waals surface area contributed by atoms with Crippen LogP contribution in [0.4, 0.5) is 0 Å². The highest BCUT2D eigenvalue weighted by atomic mass is 16.5. The Kier molecular flexibility index (Phi) is 5.84. The summed E-state index contributed by atoms with van der Waals surface area (Å²) in [6, 6.07) is 0. The molecule has 0 unspecified atom stereocenters. The molecule has 0 radical (unpaired) electrons. The van der Waals surface area contributed by atoms with Crippen molar-refractivity contribution in [1.29, 1.82) is 0 Å². The van der Waals surface area contributed by atoms with Gasteiger partial charge in [-0.05, 0) is 19.3 Å². The summed E-state index contributed by atoms with van der Waals surface area (Å²) in [5, 5.41) is 11.3. The molecule has 0 atom stereocenters. The van der Waals surface area contributed by atoms with Gasteiger partial charge in [-0.25, -0.2) is 0 Å². The highest BCUT2D eigenvalue weighted by Crippen LogP contribution is 2.34. The zero-order valence-electron chi connectivity index (χ0n) is 14.7. The van der Waals surface area contributed by atoms with Crippen LogP contribution in [0.1, 0.15) is 51.3 Å². The highest BCUT2D eigenvalue weighted by Gasteiger charge is 2.44. The number of amides is 1. The Balaban J connectivity index is 1.68. The third-order valence-electron chi connectivity index (χ3n) is 5.29. The molecule has 1 aliphatic heterocycles. The van der Waals surface area contributed by atoms with Crippen LogP contribution in [0, 0.1) is 0 Å². The van der Waals surface area contributed by atoms with E-state index >= 15 is 0 Å². The van der Waals surface area contributed by atoms with Crippen LogP contribution in [0.25, 0.3) is 0 Å². The van der Waals surface area contributed by atoms with E-state index in [1.807, 2.05) is 4.57 Å². The fraction of sp³-hybridized carbons (Fsp3) is 0.824. The maximum atomic E-state index is 13.1. The molecule has 0 bridgehead atoms. The summed E-state index contributed by atoms with van der Waals surface area (Å²) >= 11 is 0. The smallest absolute Gasteiger partial charge is 0.240 e. The van der Waals surface area contributed by atoms with E-state index < -0.39 is 0 Å². The van der Waals surface area contributed by atoms with Crippen molar-refractivity contribution in [3.8, 4) is 0 Å². The van der Waals surface area contributed by atoms with Crippen LogP contribution in [0.5, 0.6) is 0 Å². The average Bonchev–Trinajstić information content (AvgIpc) is 3.08. The molecular weight excluding hydrogens is 306 g/mol. The molecule has 1 amide bonds. The van der Waals surface area contributed by atoms with Gasteiger partial charge in [0.1, 0.15) is 11.9 Å². The first kappa shape index (κ1) is 17.4. The Labute approximate surface area is 143 Å².